The van der Waals surface area contributed by atoms with E-state index < -0.39 is 46.5 Å². The van der Waals surface area contributed by atoms with Crippen LogP contribution in [0, 0.1) is 22.7 Å². The van der Waals surface area contributed by atoms with Crippen LogP contribution < -0.4 is 10.4 Å². The van der Waals surface area contributed by atoms with Crippen LogP contribution in [0.5, 0.6) is 5.75 Å². The normalized spacial score (nSPS) is 40.1. The first-order valence-corrected chi connectivity index (χ1v) is 14.1. The van der Waals surface area contributed by atoms with E-state index in [9.17, 15) is 15.0 Å². The van der Waals surface area contributed by atoms with Crippen molar-refractivity contribution >= 4 is 0 Å². The number of rotatable bonds is 2. The maximum absolute atomic E-state index is 13.3. The summed E-state index contributed by atoms with van der Waals surface area (Å²) in [5.74, 6) is -0.0292. The third kappa shape index (κ3) is 3.59. The van der Waals surface area contributed by atoms with Gasteiger partial charge in [0.15, 0.2) is 6.29 Å². The lowest BCUT2D eigenvalue weighted by Gasteiger charge is -2.67. The van der Waals surface area contributed by atoms with E-state index in [4.69, 9.17) is 18.6 Å². The lowest BCUT2D eigenvalue weighted by molar-refractivity contribution is -0.330. The highest BCUT2D eigenvalue weighted by atomic mass is 16.7. The maximum atomic E-state index is 13.3. The molecule has 7 rings (SSSR count). The zero-order valence-corrected chi connectivity index (χ0v) is 22.9. The second-order valence-electron chi connectivity index (χ2n) is 12.7. The molecular weight excluding hydrogens is 510 g/mol. The fourth-order valence-electron chi connectivity index (χ4n) is 8.49. The van der Waals surface area contributed by atoms with Gasteiger partial charge in [0.05, 0.1) is 24.9 Å². The van der Waals surface area contributed by atoms with Crippen LogP contribution in [0.1, 0.15) is 63.6 Å². The number of fused-ring (bicyclic) bond motifs is 6. The van der Waals surface area contributed by atoms with E-state index in [0.717, 1.165) is 18.4 Å². The fraction of sp³-hybridized carbons (Fsp3) is 0.500. The molecule has 2 aliphatic carbocycles. The molecule has 1 aromatic carbocycles. The van der Waals surface area contributed by atoms with E-state index in [1.807, 2.05) is 37.3 Å². The van der Waals surface area contributed by atoms with E-state index >= 15 is 0 Å². The van der Waals surface area contributed by atoms with Gasteiger partial charge in [0.25, 0.3) is 0 Å². The number of hydrogen-bond donors (Lipinski definition) is 2. The summed E-state index contributed by atoms with van der Waals surface area (Å²) >= 11 is 0. The third-order valence-corrected chi connectivity index (χ3v) is 10.5. The number of hydrogen-bond acceptors (Lipinski definition) is 8. The van der Waals surface area contributed by atoms with Gasteiger partial charge in [0.2, 0.25) is 0 Å². The van der Waals surface area contributed by atoms with Crippen molar-refractivity contribution in [3.8, 4) is 17.1 Å². The largest absolute Gasteiger partial charge is 0.484 e. The molecule has 0 radical (unpaired) electrons. The molecule has 210 valence electrons. The van der Waals surface area contributed by atoms with Crippen LogP contribution in [0.2, 0.25) is 0 Å². The minimum absolute atomic E-state index is 0.0370. The molecule has 0 spiro atoms. The Balaban J connectivity index is 1.26. The molecule has 4 aliphatic rings. The molecule has 0 amide bonds. The molecule has 2 aliphatic heterocycles. The summed E-state index contributed by atoms with van der Waals surface area (Å²) in [5.41, 5.74) is -0.880. The molecule has 40 heavy (non-hydrogen) atoms. The maximum Gasteiger partial charge on any atom is 0.345 e. The van der Waals surface area contributed by atoms with Crippen molar-refractivity contribution in [3.05, 3.63) is 82.5 Å². The second kappa shape index (κ2) is 8.98. The van der Waals surface area contributed by atoms with Gasteiger partial charge in [-0.1, -0.05) is 44.2 Å². The summed E-state index contributed by atoms with van der Waals surface area (Å²) in [6, 6.07) is 15.1. The Morgan fingerprint density at radius 3 is 2.58 bits per heavy atom. The Morgan fingerprint density at radius 1 is 1.02 bits per heavy atom. The molecule has 2 aromatic heterocycles. The highest BCUT2D eigenvalue weighted by Gasteiger charge is 2.70. The van der Waals surface area contributed by atoms with E-state index in [2.05, 4.69) is 18.8 Å². The van der Waals surface area contributed by atoms with Gasteiger partial charge in [-0.05, 0) is 49.7 Å². The lowest BCUT2D eigenvalue weighted by Crippen LogP contribution is -2.71. The molecule has 9 atom stereocenters. The Kier molecular flexibility index (Phi) is 5.81. The molecule has 2 N–H and O–H groups in total. The summed E-state index contributed by atoms with van der Waals surface area (Å²) in [7, 11) is 0. The van der Waals surface area contributed by atoms with Gasteiger partial charge in [0.1, 0.15) is 22.7 Å². The van der Waals surface area contributed by atoms with Gasteiger partial charge in [-0.2, -0.15) is 0 Å². The van der Waals surface area contributed by atoms with Gasteiger partial charge in [-0.3, -0.25) is 4.98 Å². The Labute approximate surface area is 232 Å². The third-order valence-electron chi connectivity index (χ3n) is 10.5. The van der Waals surface area contributed by atoms with E-state index in [1.165, 1.54) is 0 Å². The van der Waals surface area contributed by atoms with Crippen molar-refractivity contribution in [1.82, 2.24) is 4.98 Å². The molecule has 0 unspecified atom stereocenters. The molecule has 1 saturated heterocycles. The number of aliphatic hydroxyl groups is 2. The number of aliphatic hydroxyl groups excluding tert-OH is 2. The van der Waals surface area contributed by atoms with E-state index in [0.29, 0.717) is 24.4 Å². The monoisotopic (exact) mass is 545 g/mol. The molecule has 2 saturated carbocycles. The summed E-state index contributed by atoms with van der Waals surface area (Å²) in [4.78, 5) is 17.4. The zero-order valence-electron chi connectivity index (χ0n) is 22.9. The summed E-state index contributed by atoms with van der Waals surface area (Å²) in [5, 5.41) is 23.7. The van der Waals surface area contributed by atoms with Crippen LogP contribution in [0.4, 0.5) is 0 Å². The highest BCUT2D eigenvalue weighted by Crippen LogP contribution is 2.68. The minimum atomic E-state index is -1.17. The quantitative estimate of drug-likeness (QED) is 0.472. The Hall–Kier alpha value is -3.04. The summed E-state index contributed by atoms with van der Waals surface area (Å²) in [6.07, 6.45) is 2.69. The molecule has 4 heterocycles. The van der Waals surface area contributed by atoms with E-state index in [1.54, 1.807) is 30.6 Å². The number of nitrogens with zero attached hydrogens (tertiary/aromatic N) is 1. The van der Waals surface area contributed by atoms with Crippen molar-refractivity contribution < 1.29 is 28.8 Å². The minimum Gasteiger partial charge on any atom is -0.484 e. The van der Waals surface area contributed by atoms with Crippen molar-refractivity contribution in [3.63, 3.8) is 0 Å². The number of aromatic nitrogens is 1. The summed E-state index contributed by atoms with van der Waals surface area (Å²) in [6.45, 7) is 6.68. The smallest absolute Gasteiger partial charge is 0.345 e. The van der Waals surface area contributed by atoms with Crippen molar-refractivity contribution in [2.45, 2.75) is 70.2 Å². The van der Waals surface area contributed by atoms with Gasteiger partial charge in [0, 0.05) is 40.9 Å². The molecule has 8 nitrogen and oxygen atoms in total. The van der Waals surface area contributed by atoms with Crippen molar-refractivity contribution in [2.24, 2.45) is 22.7 Å². The van der Waals surface area contributed by atoms with Crippen molar-refractivity contribution in [1.29, 1.82) is 0 Å². The first kappa shape index (κ1) is 25.9. The molecule has 0 bridgehead atoms. The Bertz CT molecular complexity index is 1480. The second-order valence-corrected chi connectivity index (χ2v) is 12.7. The van der Waals surface area contributed by atoms with Crippen LogP contribution in [-0.4, -0.2) is 39.6 Å². The van der Waals surface area contributed by atoms with Gasteiger partial charge < -0.3 is 28.8 Å². The summed E-state index contributed by atoms with van der Waals surface area (Å²) < 4.78 is 25.1. The lowest BCUT2D eigenvalue weighted by atomic mass is 9.42. The van der Waals surface area contributed by atoms with Gasteiger partial charge >= 0.3 is 5.63 Å². The van der Waals surface area contributed by atoms with Crippen LogP contribution in [0.15, 0.2) is 70.1 Å². The predicted octanol–water partition coefficient (Wildman–Crippen LogP) is 4.80. The highest BCUT2D eigenvalue weighted by molar-refractivity contribution is 5.59. The predicted molar refractivity (Wildman–Crippen MR) is 145 cm³/mol. The molecular formula is C32H35NO7. The van der Waals surface area contributed by atoms with Gasteiger partial charge in [-0.25, -0.2) is 4.79 Å². The van der Waals surface area contributed by atoms with Crippen LogP contribution >= 0.6 is 0 Å². The SMILES string of the molecule is C[C@@]12CO[C@@H](c3ccccc3)O[C@H]1CC[C@@]1(C)[C@H]2C[C@H](O)[C@@]2(C)Oc3cc(-c4cccnc4)oc(=O)c3[C@H](O)[C@H]12. The van der Waals surface area contributed by atoms with Crippen LogP contribution in [0.25, 0.3) is 11.3 Å². The number of pyridine rings is 1. The number of benzene rings is 1. The molecule has 3 aromatic rings. The number of ether oxygens (including phenoxy) is 3. The molecule has 8 heteroatoms. The van der Waals surface area contributed by atoms with Crippen LogP contribution in [0.3, 0.4) is 0 Å². The first-order valence-electron chi connectivity index (χ1n) is 14.1. The van der Waals surface area contributed by atoms with Gasteiger partial charge in [-0.15, -0.1) is 0 Å². The van der Waals surface area contributed by atoms with Crippen molar-refractivity contribution in [2.75, 3.05) is 6.61 Å². The van der Waals surface area contributed by atoms with Crippen LogP contribution in [-0.2, 0) is 9.47 Å². The standard InChI is InChI=1S/C32H35NO7/c1-30-12-11-24-31(2,17-37-29(39-24)18-8-5-4-6-9-18)22(30)15-23(34)32(3)27(30)26(35)25-21(40-32)14-20(38-28(25)36)19-10-7-13-33-16-19/h4-10,13-14,16,22-24,26-27,29,34-35H,11-12,15,17H2,1-3H3/t22-,23+,24+,26+,27-,29-,30+,31+,32-/m1/s1. The molecule has 3 fully saturated rings. The average Bonchev–Trinajstić information content (AvgIpc) is 2.94. The van der Waals surface area contributed by atoms with E-state index in [-0.39, 0.29) is 23.3 Å². The average molecular weight is 546 g/mol. The zero-order chi connectivity index (χ0) is 27.9. The fourth-order valence-corrected chi connectivity index (χ4v) is 8.49. The first-order chi connectivity index (χ1) is 19.1. The topological polar surface area (TPSA) is 111 Å². The Morgan fingerprint density at radius 2 is 1.82 bits per heavy atom.